The van der Waals surface area contributed by atoms with Gasteiger partial charge >= 0.3 is 152 Å². The zero-order chi connectivity index (χ0) is 17.4. The van der Waals surface area contributed by atoms with Gasteiger partial charge in [0.15, 0.2) is 0 Å². The fraction of sp³-hybridized carbons (Fsp3) is 0.312. The minimum absolute atomic E-state index is 0.0296. The molecular weight excluding hydrogens is 395 g/mol. The Kier molecular flexibility index (Phi) is 7.13. The van der Waals surface area contributed by atoms with Gasteiger partial charge in [0.25, 0.3) is 0 Å². The summed E-state index contributed by atoms with van der Waals surface area (Å²) in [5.41, 5.74) is 0.891. The number of anilines is 2. The quantitative estimate of drug-likeness (QED) is 0.377. The molecule has 0 radical (unpaired) electrons. The van der Waals surface area contributed by atoms with Gasteiger partial charge in [0.1, 0.15) is 0 Å². The SMILES string of the molecule is COc1ccc(N(C)c2ccnc(Cl)n2)cc1OCCC[Se]C#N. The molecule has 0 spiro atoms. The van der Waals surface area contributed by atoms with Crippen molar-refractivity contribution in [3.05, 3.63) is 35.7 Å². The van der Waals surface area contributed by atoms with E-state index in [1.165, 1.54) is 0 Å². The van der Waals surface area contributed by atoms with Gasteiger partial charge in [-0.2, -0.15) is 0 Å². The van der Waals surface area contributed by atoms with Crippen LogP contribution < -0.4 is 14.4 Å². The van der Waals surface area contributed by atoms with Crippen molar-refractivity contribution in [2.75, 3.05) is 25.7 Å². The van der Waals surface area contributed by atoms with Crippen molar-refractivity contribution in [3.8, 4) is 16.5 Å². The van der Waals surface area contributed by atoms with Crippen molar-refractivity contribution in [1.29, 1.82) is 5.26 Å². The molecule has 1 aromatic heterocycles. The third-order valence-corrected chi connectivity index (χ3v) is 4.69. The molecular formula is C16H17ClN4O2Se. The van der Waals surface area contributed by atoms with E-state index in [4.69, 9.17) is 26.3 Å². The summed E-state index contributed by atoms with van der Waals surface area (Å²) in [4.78, 5) is 12.2. The molecule has 0 aliphatic rings. The number of benzene rings is 1. The Morgan fingerprint density at radius 1 is 1.33 bits per heavy atom. The van der Waals surface area contributed by atoms with E-state index >= 15 is 0 Å². The van der Waals surface area contributed by atoms with Gasteiger partial charge in [-0.15, -0.1) is 0 Å². The van der Waals surface area contributed by atoms with Gasteiger partial charge in [-0.3, -0.25) is 0 Å². The van der Waals surface area contributed by atoms with Crippen LogP contribution in [0.4, 0.5) is 11.5 Å². The van der Waals surface area contributed by atoms with Crippen LogP contribution in [0.25, 0.3) is 0 Å². The number of hydrogen-bond acceptors (Lipinski definition) is 6. The summed E-state index contributed by atoms with van der Waals surface area (Å²) in [5, 5.41) is 9.66. The van der Waals surface area contributed by atoms with Crippen LogP contribution in [0, 0.1) is 10.2 Å². The maximum atomic E-state index is 8.58. The standard InChI is InChI=1S/C16H17ClN4O2Se/c1-21(15-6-7-19-16(17)20-15)12-4-5-13(22-2)14(10-12)23-8-3-9-24-11-18/h4-7,10H,3,8-9H2,1-2H3. The van der Waals surface area contributed by atoms with Crippen LogP contribution in [0.2, 0.25) is 10.6 Å². The molecule has 0 aliphatic heterocycles. The molecule has 0 unspecified atom stereocenters. The normalized spacial score (nSPS) is 10.1. The number of nitrogens with zero attached hydrogens (tertiary/aromatic N) is 4. The molecule has 0 fully saturated rings. The fourth-order valence-corrected chi connectivity index (χ4v) is 2.88. The van der Waals surface area contributed by atoms with Crippen molar-refractivity contribution < 1.29 is 9.47 Å². The molecule has 0 atom stereocenters. The molecule has 2 aromatic rings. The Morgan fingerprint density at radius 3 is 2.88 bits per heavy atom. The maximum absolute atomic E-state index is 8.58. The molecule has 8 heteroatoms. The first-order chi connectivity index (χ1) is 11.7. The second-order valence-electron chi connectivity index (χ2n) is 4.72. The van der Waals surface area contributed by atoms with Gasteiger partial charge in [0, 0.05) is 0 Å². The summed E-state index contributed by atoms with van der Waals surface area (Å²) < 4.78 is 11.2. The van der Waals surface area contributed by atoms with E-state index in [0.29, 0.717) is 23.9 Å². The van der Waals surface area contributed by atoms with Gasteiger partial charge in [-0.1, -0.05) is 0 Å². The number of halogens is 1. The van der Waals surface area contributed by atoms with Crippen molar-refractivity contribution in [2.45, 2.75) is 11.7 Å². The van der Waals surface area contributed by atoms with Gasteiger partial charge in [-0.05, 0) is 0 Å². The van der Waals surface area contributed by atoms with E-state index in [1.807, 2.05) is 30.1 Å². The van der Waals surface area contributed by atoms with Gasteiger partial charge in [-0.25, -0.2) is 0 Å². The Labute approximate surface area is 152 Å². The van der Waals surface area contributed by atoms with Crippen LogP contribution in [0.15, 0.2) is 30.5 Å². The second-order valence-corrected chi connectivity index (χ2v) is 6.90. The predicted octanol–water partition coefficient (Wildman–Crippen LogP) is 3.28. The van der Waals surface area contributed by atoms with Crippen molar-refractivity contribution >= 4 is 38.1 Å². The number of methoxy groups -OCH3 is 1. The molecule has 0 amide bonds. The first-order valence-corrected chi connectivity index (χ1v) is 9.64. The van der Waals surface area contributed by atoms with Crippen LogP contribution in [0.5, 0.6) is 11.5 Å². The number of ether oxygens (including phenoxy) is 2. The minimum atomic E-state index is 0.0296. The summed E-state index contributed by atoms with van der Waals surface area (Å²) in [6, 6.07) is 7.44. The number of rotatable bonds is 8. The number of nitriles is 1. The van der Waals surface area contributed by atoms with Crippen molar-refractivity contribution in [3.63, 3.8) is 0 Å². The van der Waals surface area contributed by atoms with Crippen LogP contribution in [-0.2, 0) is 0 Å². The first kappa shape index (κ1) is 18.3. The van der Waals surface area contributed by atoms with E-state index in [1.54, 1.807) is 19.4 Å². The van der Waals surface area contributed by atoms with Crippen LogP contribution >= 0.6 is 11.6 Å². The summed E-state index contributed by atoms with van der Waals surface area (Å²) in [6.07, 6.45) is 2.46. The monoisotopic (exact) mass is 412 g/mol. The molecule has 0 saturated heterocycles. The van der Waals surface area contributed by atoms with Crippen LogP contribution in [-0.4, -0.2) is 45.7 Å². The molecule has 24 heavy (non-hydrogen) atoms. The average molecular weight is 412 g/mol. The third-order valence-electron chi connectivity index (χ3n) is 3.20. The Morgan fingerprint density at radius 2 is 2.17 bits per heavy atom. The molecule has 126 valence electrons. The van der Waals surface area contributed by atoms with Gasteiger partial charge < -0.3 is 0 Å². The third kappa shape index (κ3) is 5.00. The second kappa shape index (κ2) is 9.33. The van der Waals surface area contributed by atoms with Crippen molar-refractivity contribution in [2.24, 2.45) is 0 Å². The van der Waals surface area contributed by atoms with Crippen LogP contribution in [0.3, 0.4) is 0 Å². The predicted molar refractivity (Wildman–Crippen MR) is 94.4 cm³/mol. The molecule has 0 bridgehead atoms. The molecule has 0 aliphatic carbocycles. The average Bonchev–Trinajstić information content (AvgIpc) is 2.60. The first-order valence-electron chi connectivity index (χ1n) is 7.19. The molecule has 6 nitrogen and oxygen atoms in total. The molecule has 1 aromatic carbocycles. The van der Waals surface area contributed by atoms with E-state index in [0.717, 1.165) is 17.4 Å². The van der Waals surface area contributed by atoms with Crippen molar-refractivity contribution in [1.82, 2.24) is 9.97 Å². The summed E-state index contributed by atoms with van der Waals surface area (Å²) in [7, 11) is 3.49. The zero-order valence-corrected chi connectivity index (χ0v) is 15.9. The summed E-state index contributed by atoms with van der Waals surface area (Å²) >= 11 is 5.88. The summed E-state index contributed by atoms with van der Waals surface area (Å²) in [5.74, 6) is 2.01. The number of aromatic nitrogens is 2. The summed E-state index contributed by atoms with van der Waals surface area (Å²) in [6.45, 7) is 0.548. The van der Waals surface area contributed by atoms with E-state index in [-0.39, 0.29) is 20.2 Å². The topological polar surface area (TPSA) is 71.3 Å². The molecule has 0 N–H and O–H groups in total. The fourth-order valence-electron chi connectivity index (χ4n) is 1.99. The van der Waals surface area contributed by atoms with Crippen LogP contribution in [0.1, 0.15) is 6.42 Å². The molecule has 1 heterocycles. The van der Waals surface area contributed by atoms with E-state index < -0.39 is 0 Å². The number of hydrogen-bond donors (Lipinski definition) is 0. The molecule has 2 rings (SSSR count). The van der Waals surface area contributed by atoms with Gasteiger partial charge in [0.05, 0.1) is 0 Å². The van der Waals surface area contributed by atoms with E-state index in [2.05, 4.69) is 14.9 Å². The van der Waals surface area contributed by atoms with E-state index in [9.17, 15) is 0 Å². The van der Waals surface area contributed by atoms with Gasteiger partial charge in [0.2, 0.25) is 0 Å². The zero-order valence-electron chi connectivity index (χ0n) is 13.4. The Bertz CT molecular complexity index is 723. The Balaban J connectivity index is 2.13. The Hall–Kier alpha value is -2.00. The molecule has 0 saturated carbocycles.